The summed E-state index contributed by atoms with van der Waals surface area (Å²) in [7, 11) is 1.52. The largest absolute Gasteiger partial charge is 0.502 e. The van der Waals surface area contributed by atoms with Gasteiger partial charge in [-0.2, -0.15) is 0 Å². The number of anilines is 1. The molecule has 96 valence electrons. The van der Waals surface area contributed by atoms with Crippen molar-refractivity contribution in [2.75, 3.05) is 12.4 Å². The second kappa shape index (κ2) is 6.40. The number of Topliss-reactive ketones (excluding diaryl/α,β-unsaturated/α-hetero) is 1. The average Bonchev–Trinajstić information content (AvgIpc) is 2.48. The van der Waals surface area contributed by atoms with Crippen LogP contribution in [0.1, 0.15) is 10.4 Å². The molecule has 0 bridgehead atoms. The summed E-state index contributed by atoms with van der Waals surface area (Å²) in [5, 5.41) is 3.06. The monoisotopic (exact) mass is 253 g/mol. The molecule has 2 rings (SSSR count). The van der Waals surface area contributed by atoms with E-state index in [1.54, 1.807) is 12.1 Å². The van der Waals surface area contributed by atoms with Crippen molar-refractivity contribution < 1.29 is 9.53 Å². The number of carbonyl (C=O) groups is 1. The molecule has 0 heterocycles. The first kappa shape index (κ1) is 12.9. The number of para-hydroxylation sites is 1. The fraction of sp³-hybridized carbons (Fsp3) is 0.0625. The summed E-state index contributed by atoms with van der Waals surface area (Å²) < 4.78 is 4.97. The molecule has 0 aliphatic heterocycles. The second-order valence-electron chi connectivity index (χ2n) is 3.95. The van der Waals surface area contributed by atoms with Crippen LogP contribution in [-0.4, -0.2) is 12.9 Å². The van der Waals surface area contributed by atoms with Gasteiger partial charge in [-0.15, -0.1) is 0 Å². The van der Waals surface area contributed by atoms with Crippen LogP contribution in [0.2, 0.25) is 0 Å². The lowest BCUT2D eigenvalue weighted by Crippen LogP contribution is -2.12. The van der Waals surface area contributed by atoms with Gasteiger partial charge in [0.1, 0.15) is 12.0 Å². The quantitative estimate of drug-likeness (QED) is 0.503. The standard InChI is InChI=1S/C16H15NO2/c1-19-12-15(17-14-10-6-3-7-11-14)16(18)13-8-4-2-5-9-13/h2-12,17H,1H3. The summed E-state index contributed by atoms with van der Waals surface area (Å²) in [5.74, 6) is -0.105. The third-order valence-electron chi connectivity index (χ3n) is 2.57. The number of allylic oxidation sites excluding steroid dienone is 1. The van der Waals surface area contributed by atoms with E-state index in [2.05, 4.69) is 5.32 Å². The molecule has 0 radical (unpaired) electrons. The molecular formula is C16H15NO2. The van der Waals surface area contributed by atoms with E-state index in [-0.39, 0.29) is 5.78 Å². The molecule has 0 aliphatic carbocycles. The minimum atomic E-state index is -0.105. The first-order chi connectivity index (χ1) is 9.31. The molecule has 0 amide bonds. The van der Waals surface area contributed by atoms with Crippen molar-refractivity contribution in [2.24, 2.45) is 0 Å². The normalized spacial score (nSPS) is 10.9. The van der Waals surface area contributed by atoms with Gasteiger partial charge >= 0.3 is 0 Å². The van der Waals surface area contributed by atoms with Gasteiger partial charge in [-0.3, -0.25) is 4.79 Å². The van der Waals surface area contributed by atoms with Gasteiger partial charge in [0, 0.05) is 11.3 Å². The minimum Gasteiger partial charge on any atom is -0.502 e. The minimum absolute atomic E-state index is 0.105. The Morgan fingerprint density at radius 1 is 1.00 bits per heavy atom. The van der Waals surface area contributed by atoms with E-state index >= 15 is 0 Å². The Kier molecular flexibility index (Phi) is 4.34. The Labute approximate surface area is 112 Å². The van der Waals surface area contributed by atoms with E-state index < -0.39 is 0 Å². The van der Waals surface area contributed by atoms with Crippen LogP contribution in [0.25, 0.3) is 0 Å². The summed E-state index contributed by atoms with van der Waals surface area (Å²) in [5.41, 5.74) is 1.87. The molecule has 0 aliphatic rings. The van der Waals surface area contributed by atoms with Crippen LogP contribution in [0.4, 0.5) is 5.69 Å². The lowest BCUT2D eigenvalue weighted by molar-refractivity contribution is 0.103. The Morgan fingerprint density at radius 2 is 1.58 bits per heavy atom. The molecule has 2 aromatic carbocycles. The molecule has 3 heteroatoms. The SMILES string of the molecule is COC=C(Nc1ccccc1)C(=O)c1ccccc1. The summed E-state index contributed by atoms with van der Waals surface area (Å²) >= 11 is 0. The van der Waals surface area contributed by atoms with Crippen molar-refractivity contribution >= 4 is 11.5 Å². The summed E-state index contributed by atoms with van der Waals surface area (Å²) in [6, 6.07) is 18.6. The molecule has 2 aromatic rings. The van der Waals surface area contributed by atoms with Gasteiger partial charge in [0.15, 0.2) is 0 Å². The van der Waals surface area contributed by atoms with Crippen molar-refractivity contribution in [3.63, 3.8) is 0 Å². The summed E-state index contributed by atoms with van der Waals surface area (Å²) in [6.07, 6.45) is 1.42. The second-order valence-corrected chi connectivity index (χ2v) is 3.95. The number of ether oxygens (including phenoxy) is 1. The predicted octanol–water partition coefficient (Wildman–Crippen LogP) is 3.47. The fourth-order valence-electron chi connectivity index (χ4n) is 1.68. The number of rotatable bonds is 5. The van der Waals surface area contributed by atoms with Crippen LogP contribution in [0.5, 0.6) is 0 Å². The summed E-state index contributed by atoms with van der Waals surface area (Å²) in [6.45, 7) is 0. The van der Waals surface area contributed by atoms with E-state index in [4.69, 9.17) is 4.74 Å². The predicted molar refractivity (Wildman–Crippen MR) is 75.9 cm³/mol. The lowest BCUT2D eigenvalue weighted by atomic mass is 10.1. The van der Waals surface area contributed by atoms with Gasteiger partial charge in [0.25, 0.3) is 0 Å². The smallest absolute Gasteiger partial charge is 0.212 e. The number of benzene rings is 2. The molecule has 3 nitrogen and oxygen atoms in total. The Bertz CT molecular complexity index is 562. The van der Waals surface area contributed by atoms with E-state index in [1.165, 1.54) is 13.4 Å². The Morgan fingerprint density at radius 3 is 2.16 bits per heavy atom. The zero-order valence-electron chi connectivity index (χ0n) is 10.7. The molecular weight excluding hydrogens is 238 g/mol. The molecule has 0 saturated heterocycles. The molecule has 19 heavy (non-hydrogen) atoms. The van der Waals surface area contributed by atoms with Gasteiger partial charge < -0.3 is 10.1 Å². The van der Waals surface area contributed by atoms with Crippen molar-refractivity contribution in [1.82, 2.24) is 0 Å². The van der Waals surface area contributed by atoms with Crippen LogP contribution < -0.4 is 5.32 Å². The molecule has 0 saturated carbocycles. The number of methoxy groups -OCH3 is 1. The first-order valence-electron chi connectivity index (χ1n) is 5.96. The van der Waals surface area contributed by atoms with Gasteiger partial charge in [-0.1, -0.05) is 48.5 Å². The number of hydrogen-bond acceptors (Lipinski definition) is 3. The molecule has 0 aromatic heterocycles. The van der Waals surface area contributed by atoms with Crippen molar-refractivity contribution in [3.05, 3.63) is 78.2 Å². The van der Waals surface area contributed by atoms with Crippen LogP contribution >= 0.6 is 0 Å². The zero-order chi connectivity index (χ0) is 13.5. The first-order valence-corrected chi connectivity index (χ1v) is 5.96. The molecule has 0 atom stereocenters. The number of carbonyl (C=O) groups excluding carboxylic acids is 1. The molecule has 0 spiro atoms. The molecule has 0 fully saturated rings. The van der Waals surface area contributed by atoms with Crippen LogP contribution in [0.3, 0.4) is 0 Å². The summed E-state index contributed by atoms with van der Waals surface area (Å²) in [4.78, 5) is 12.3. The van der Waals surface area contributed by atoms with Crippen LogP contribution in [0, 0.1) is 0 Å². The van der Waals surface area contributed by atoms with Crippen molar-refractivity contribution in [1.29, 1.82) is 0 Å². The average molecular weight is 253 g/mol. The van der Waals surface area contributed by atoms with Gasteiger partial charge in [-0.25, -0.2) is 0 Å². The van der Waals surface area contributed by atoms with Crippen LogP contribution in [0.15, 0.2) is 72.6 Å². The Hall–Kier alpha value is -2.55. The van der Waals surface area contributed by atoms with Crippen molar-refractivity contribution in [2.45, 2.75) is 0 Å². The van der Waals surface area contributed by atoms with E-state index in [0.29, 0.717) is 11.3 Å². The Balaban J connectivity index is 2.22. The highest BCUT2D eigenvalue weighted by atomic mass is 16.5. The van der Waals surface area contributed by atoms with E-state index in [9.17, 15) is 4.79 Å². The zero-order valence-corrected chi connectivity index (χ0v) is 10.7. The topological polar surface area (TPSA) is 38.3 Å². The highest BCUT2D eigenvalue weighted by Crippen LogP contribution is 2.13. The lowest BCUT2D eigenvalue weighted by Gasteiger charge is -2.09. The fourth-order valence-corrected chi connectivity index (χ4v) is 1.68. The maximum absolute atomic E-state index is 12.3. The highest BCUT2D eigenvalue weighted by molar-refractivity contribution is 6.10. The number of ketones is 1. The van der Waals surface area contributed by atoms with Gasteiger partial charge in [-0.05, 0) is 12.1 Å². The highest BCUT2D eigenvalue weighted by Gasteiger charge is 2.12. The van der Waals surface area contributed by atoms with Crippen molar-refractivity contribution in [3.8, 4) is 0 Å². The third-order valence-corrected chi connectivity index (χ3v) is 2.57. The number of hydrogen-bond donors (Lipinski definition) is 1. The van der Waals surface area contributed by atoms with Crippen LogP contribution in [-0.2, 0) is 4.74 Å². The number of nitrogens with one attached hydrogen (secondary N) is 1. The van der Waals surface area contributed by atoms with E-state index in [0.717, 1.165) is 5.69 Å². The maximum atomic E-state index is 12.3. The van der Waals surface area contributed by atoms with E-state index in [1.807, 2.05) is 48.5 Å². The van der Waals surface area contributed by atoms with Gasteiger partial charge in [0.05, 0.1) is 7.11 Å². The molecule has 0 unspecified atom stereocenters. The molecule has 1 N–H and O–H groups in total. The maximum Gasteiger partial charge on any atom is 0.212 e. The van der Waals surface area contributed by atoms with Gasteiger partial charge in [0.2, 0.25) is 5.78 Å². The third kappa shape index (κ3) is 3.45.